The van der Waals surface area contributed by atoms with Crippen LogP contribution in [0.2, 0.25) is 0 Å². The lowest BCUT2D eigenvalue weighted by Crippen LogP contribution is -2.29. The molecule has 0 saturated heterocycles. The van der Waals surface area contributed by atoms with Gasteiger partial charge in [-0.1, -0.05) is 12.1 Å². The maximum Gasteiger partial charge on any atom is 0.243 e. The highest BCUT2D eigenvalue weighted by molar-refractivity contribution is 7.89. The van der Waals surface area contributed by atoms with Gasteiger partial charge in [0.1, 0.15) is 15.9 Å². The van der Waals surface area contributed by atoms with E-state index in [1.54, 1.807) is 29.5 Å². The number of nitrogens with one attached hydrogen (secondary N) is 1. The quantitative estimate of drug-likeness (QED) is 0.558. The zero-order chi connectivity index (χ0) is 16.6. The molecule has 4 aromatic rings. The van der Waals surface area contributed by atoms with Crippen LogP contribution in [0.4, 0.5) is 0 Å². The minimum atomic E-state index is -3.74. The van der Waals surface area contributed by atoms with E-state index in [4.69, 9.17) is 0 Å². The van der Waals surface area contributed by atoms with Crippen LogP contribution in [0.1, 0.15) is 16.5 Å². The van der Waals surface area contributed by atoms with E-state index in [0.717, 1.165) is 22.2 Å². The molecule has 5 nitrogen and oxygen atoms in total. The molecular formula is C15H11N3O2S4. The summed E-state index contributed by atoms with van der Waals surface area (Å²) < 4.78 is 37.0. The van der Waals surface area contributed by atoms with Crippen molar-refractivity contribution in [2.75, 3.05) is 0 Å². The maximum atomic E-state index is 13.0. The molecule has 0 bridgehead atoms. The summed E-state index contributed by atoms with van der Waals surface area (Å²) in [6.07, 6.45) is 0. The second-order valence-corrected chi connectivity index (χ2v) is 8.98. The summed E-state index contributed by atoms with van der Waals surface area (Å²) in [4.78, 5) is 1.10. The van der Waals surface area contributed by atoms with Gasteiger partial charge >= 0.3 is 0 Å². The molecule has 1 aromatic carbocycles. The first-order chi connectivity index (χ1) is 11.6. The SMILES string of the molecule is O=S(=O)(N[C@H](c1ccsc1)c1cccs1)c1cccc2nsnc12. The van der Waals surface area contributed by atoms with Gasteiger partial charge in [0.25, 0.3) is 0 Å². The third kappa shape index (κ3) is 2.89. The van der Waals surface area contributed by atoms with E-state index in [-0.39, 0.29) is 4.90 Å². The van der Waals surface area contributed by atoms with Crippen LogP contribution in [0, 0.1) is 0 Å². The van der Waals surface area contributed by atoms with Crippen molar-refractivity contribution >= 4 is 55.5 Å². The van der Waals surface area contributed by atoms with Gasteiger partial charge in [-0.2, -0.15) is 24.8 Å². The van der Waals surface area contributed by atoms with Gasteiger partial charge in [-0.25, -0.2) is 8.42 Å². The zero-order valence-electron chi connectivity index (χ0n) is 12.1. The van der Waals surface area contributed by atoms with Crippen molar-refractivity contribution in [2.24, 2.45) is 0 Å². The number of aromatic nitrogens is 2. The standard InChI is InChI=1S/C15H11N3O2S4/c19-24(20,13-5-1-3-11-15(13)17-23-16-11)18-14(10-6-8-21-9-10)12-4-2-7-22-12/h1-9,14,18H/t14-/m1/s1. The third-order valence-corrected chi connectivity index (χ3v) is 7.15. The number of thiophene rings is 2. The van der Waals surface area contributed by atoms with Crippen molar-refractivity contribution in [3.05, 3.63) is 63.0 Å². The van der Waals surface area contributed by atoms with E-state index in [2.05, 4.69) is 13.5 Å². The second-order valence-electron chi connectivity index (χ2n) is 5.01. The average Bonchev–Trinajstić information content (AvgIpc) is 3.34. The molecule has 1 atom stereocenters. The van der Waals surface area contributed by atoms with E-state index in [1.165, 1.54) is 11.3 Å². The Balaban J connectivity index is 1.78. The summed E-state index contributed by atoms with van der Waals surface area (Å²) in [6, 6.07) is 10.4. The Hall–Kier alpha value is -1.65. The number of hydrogen-bond donors (Lipinski definition) is 1. The number of nitrogens with zero attached hydrogens (tertiary/aromatic N) is 2. The first kappa shape index (κ1) is 15.9. The highest BCUT2D eigenvalue weighted by Crippen LogP contribution is 2.30. The lowest BCUT2D eigenvalue weighted by Gasteiger charge is -2.17. The van der Waals surface area contributed by atoms with E-state index >= 15 is 0 Å². The van der Waals surface area contributed by atoms with Crippen molar-refractivity contribution in [3.63, 3.8) is 0 Å². The average molecular weight is 394 g/mol. The Morgan fingerprint density at radius 3 is 2.71 bits per heavy atom. The van der Waals surface area contributed by atoms with E-state index in [9.17, 15) is 8.42 Å². The minimum Gasteiger partial charge on any atom is -0.207 e. The summed E-state index contributed by atoms with van der Waals surface area (Å²) in [6.45, 7) is 0. The van der Waals surface area contributed by atoms with Crippen LogP contribution in [0.5, 0.6) is 0 Å². The molecule has 4 rings (SSSR count). The highest BCUT2D eigenvalue weighted by Gasteiger charge is 2.26. The Kier molecular flexibility index (Phi) is 4.19. The summed E-state index contributed by atoms with van der Waals surface area (Å²) in [5.74, 6) is 0. The molecule has 0 aliphatic carbocycles. The Bertz CT molecular complexity index is 1020. The molecule has 0 radical (unpaired) electrons. The van der Waals surface area contributed by atoms with Gasteiger partial charge in [-0.05, 0) is 46.0 Å². The number of fused-ring (bicyclic) bond motifs is 1. The fourth-order valence-electron chi connectivity index (χ4n) is 2.40. The largest absolute Gasteiger partial charge is 0.243 e. The molecule has 3 aromatic heterocycles. The van der Waals surface area contributed by atoms with Gasteiger partial charge in [0.15, 0.2) is 0 Å². The van der Waals surface area contributed by atoms with Gasteiger partial charge in [-0.3, -0.25) is 0 Å². The number of hydrogen-bond acceptors (Lipinski definition) is 7. The smallest absolute Gasteiger partial charge is 0.207 e. The van der Waals surface area contributed by atoms with Crippen LogP contribution < -0.4 is 4.72 Å². The monoisotopic (exact) mass is 393 g/mol. The van der Waals surface area contributed by atoms with Crippen LogP contribution in [0.3, 0.4) is 0 Å². The molecule has 1 N–H and O–H groups in total. The van der Waals surface area contributed by atoms with Crippen LogP contribution in [0.25, 0.3) is 11.0 Å². The molecule has 0 saturated carbocycles. The summed E-state index contributed by atoms with van der Waals surface area (Å²) in [7, 11) is -3.74. The molecule has 0 unspecified atom stereocenters. The molecule has 3 heterocycles. The van der Waals surface area contributed by atoms with Gasteiger partial charge in [0.05, 0.1) is 17.8 Å². The number of benzene rings is 1. The van der Waals surface area contributed by atoms with Gasteiger partial charge in [0.2, 0.25) is 10.0 Å². The molecule has 122 valence electrons. The highest BCUT2D eigenvalue weighted by atomic mass is 32.2. The van der Waals surface area contributed by atoms with Gasteiger partial charge in [0, 0.05) is 4.88 Å². The van der Waals surface area contributed by atoms with Crippen LogP contribution in [-0.2, 0) is 10.0 Å². The molecule has 0 aliphatic rings. The molecule has 0 fully saturated rings. The molecule has 0 aliphatic heterocycles. The topological polar surface area (TPSA) is 72.0 Å². The maximum absolute atomic E-state index is 13.0. The molecular weight excluding hydrogens is 382 g/mol. The fraction of sp³-hybridized carbons (Fsp3) is 0.0667. The lowest BCUT2D eigenvalue weighted by atomic mass is 10.1. The van der Waals surface area contributed by atoms with Crippen LogP contribution >= 0.6 is 34.4 Å². The van der Waals surface area contributed by atoms with Crippen molar-refractivity contribution in [1.29, 1.82) is 0 Å². The Morgan fingerprint density at radius 1 is 1.04 bits per heavy atom. The lowest BCUT2D eigenvalue weighted by molar-refractivity contribution is 0.574. The predicted octanol–water partition coefficient (Wildman–Crippen LogP) is 3.88. The Labute approximate surface area is 151 Å². The van der Waals surface area contributed by atoms with E-state index in [1.807, 2.05) is 34.3 Å². The fourth-order valence-corrected chi connectivity index (χ4v) is 5.94. The Morgan fingerprint density at radius 2 is 1.96 bits per heavy atom. The van der Waals surface area contributed by atoms with E-state index in [0.29, 0.717) is 11.0 Å². The van der Waals surface area contributed by atoms with Gasteiger partial charge < -0.3 is 0 Å². The summed E-state index contributed by atoms with van der Waals surface area (Å²) >= 11 is 4.07. The predicted molar refractivity (Wildman–Crippen MR) is 98.2 cm³/mol. The normalized spacial score (nSPS) is 13.3. The summed E-state index contributed by atoms with van der Waals surface area (Å²) in [5, 5.41) is 5.83. The van der Waals surface area contributed by atoms with Crippen molar-refractivity contribution in [2.45, 2.75) is 10.9 Å². The molecule has 0 spiro atoms. The summed E-state index contributed by atoms with van der Waals surface area (Å²) in [5.41, 5.74) is 1.92. The number of rotatable bonds is 5. The zero-order valence-corrected chi connectivity index (χ0v) is 15.4. The molecule has 24 heavy (non-hydrogen) atoms. The van der Waals surface area contributed by atoms with Crippen LogP contribution in [0.15, 0.2) is 57.4 Å². The minimum absolute atomic E-state index is 0.158. The first-order valence-corrected chi connectivity index (χ1v) is 11.0. The van der Waals surface area contributed by atoms with Gasteiger partial charge in [-0.15, -0.1) is 11.3 Å². The van der Waals surface area contributed by atoms with Crippen molar-refractivity contribution < 1.29 is 8.42 Å². The molecule has 0 amide bonds. The third-order valence-electron chi connectivity index (χ3n) is 3.52. The van der Waals surface area contributed by atoms with Crippen LogP contribution in [-0.4, -0.2) is 17.2 Å². The van der Waals surface area contributed by atoms with Crippen molar-refractivity contribution in [3.8, 4) is 0 Å². The van der Waals surface area contributed by atoms with Crippen molar-refractivity contribution in [1.82, 2.24) is 13.5 Å². The molecule has 9 heteroatoms. The van der Waals surface area contributed by atoms with E-state index < -0.39 is 16.1 Å². The second kappa shape index (κ2) is 6.34. The first-order valence-electron chi connectivity index (χ1n) is 6.94. The number of sulfonamides is 1.